The predicted octanol–water partition coefficient (Wildman–Crippen LogP) is 3.92. The van der Waals surface area contributed by atoms with E-state index in [1.165, 1.54) is 23.1 Å². The summed E-state index contributed by atoms with van der Waals surface area (Å²) in [5, 5.41) is 7.47. The van der Waals surface area contributed by atoms with Crippen LogP contribution < -0.4 is 5.32 Å². The van der Waals surface area contributed by atoms with Crippen molar-refractivity contribution in [1.29, 1.82) is 0 Å². The lowest BCUT2D eigenvalue weighted by Crippen LogP contribution is -2.37. The molecule has 0 spiro atoms. The molecule has 0 saturated heterocycles. The molecule has 0 saturated carbocycles. The van der Waals surface area contributed by atoms with Crippen LogP contribution in [0, 0.1) is 9.87 Å². The number of hydrogen-bond acceptors (Lipinski definition) is 5. The lowest BCUT2D eigenvalue weighted by molar-refractivity contribution is -0.119. The zero-order valence-corrected chi connectivity index (χ0v) is 15.2. The zero-order valence-electron chi connectivity index (χ0n) is 12.8. The molecule has 1 aromatic heterocycles. The van der Waals surface area contributed by atoms with Gasteiger partial charge in [0.25, 0.3) is 0 Å². The number of aromatic nitrogens is 2. The molecule has 4 nitrogen and oxygen atoms in total. The van der Waals surface area contributed by atoms with Gasteiger partial charge >= 0.3 is 0 Å². The quantitative estimate of drug-likeness (QED) is 0.632. The molecule has 0 aliphatic rings. The van der Waals surface area contributed by atoms with Crippen LogP contribution in [0.3, 0.4) is 0 Å². The van der Waals surface area contributed by atoms with Crippen molar-refractivity contribution >= 4 is 41.2 Å². The first-order valence-electron chi connectivity index (χ1n) is 7.05. The van der Waals surface area contributed by atoms with E-state index in [2.05, 4.69) is 24.3 Å². The Hall–Kier alpha value is -1.18. The molecule has 118 valence electrons. The van der Waals surface area contributed by atoms with Crippen molar-refractivity contribution in [2.24, 2.45) is 5.92 Å². The number of rotatable bonds is 6. The lowest BCUT2D eigenvalue weighted by atomic mass is 10.1. The lowest BCUT2D eigenvalue weighted by Gasteiger charge is -2.16. The summed E-state index contributed by atoms with van der Waals surface area (Å²) in [6.45, 7) is 6.19. The third-order valence-corrected chi connectivity index (χ3v) is 5.61. The summed E-state index contributed by atoms with van der Waals surface area (Å²) in [6, 6.07) is 9.94. The molecule has 0 unspecified atom stereocenters. The fraction of sp³-hybridized carbons (Fsp3) is 0.400. The van der Waals surface area contributed by atoms with E-state index in [0.29, 0.717) is 15.6 Å². The van der Waals surface area contributed by atoms with E-state index in [9.17, 15) is 4.79 Å². The molecule has 0 bridgehead atoms. The van der Waals surface area contributed by atoms with E-state index in [1.807, 2.05) is 37.3 Å². The summed E-state index contributed by atoms with van der Waals surface area (Å²) in [7, 11) is 0. The average molecular weight is 354 g/mol. The maximum atomic E-state index is 11.9. The second-order valence-electron chi connectivity index (χ2n) is 5.27. The van der Waals surface area contributed by atoms with Gasteiger partial charge in [0.05, 0.1) is 11.4 Å². The van der Waals surface area contributed by atoms with Crippen LogP contribution in [0.15, 0.2) is 34.7 Å². The van der Waals surface area contributed by atoms with Gasteiger partial charge in [0.1, 0.15) is 0 Å². The molecule has 22 heavy (non-hydrogen) atoms. The van der Waals surface area contributed by atoms with E-state index in [-0.39, 0.29) is 11.9 Å². The Balaban J connectivity index is 1.98. The van der Waals surface area contributed by atoms with Crippen LogP contribution in [0.4, 0.5) is 0 Å². The molecule has 1 aromatic carbocycles. The van der Waals surface area contributed by atoms with Crippen LogP contribution >= 0.6 is 35.3 Å². The highest BCUT2D eigenvalue weighted by Gasteiger charge is 2.12. The molecule has 0 radical (unpaired) electrons. The molecule has 0 aliphatic heterocycles. The van der Waals surface area contributed by atoms with Gasteiger partial charge in [0.15, 0.2) is 8.29 Å². The van der Waals surface area contributed by atoms with E-state index in [4.69, 9.17) is 12.2 Å². The van der Waals surface area contributed by atoms with Crippen LogP contribution in [0.1, 0.15) is 20.8 Å². The molecule has 1 heterocycles. The number of carbonyl (C=O) groups excluding carboxylic acids is 1. The number of nitrogens with zero attached hydrogens (tertiary/aromatic N) is 2. The summed E-state index contributed by atoms with van der Waals surface area (Å²) >= 11 is 8.19. The van der Waals surface area contributed by atoms with Gasteiger partial charge in [-0.05, 0) is 37.2 Å². The third kappa shape index (κ3) is 4.66. The molecule has 7 heteroatoms. The Morgan fingerprint density at radius 3 is 2.68 bits per heavy atom. The van der Waals surface area contributed by atoms with Gasteiger partial charge in [-0.15, -0.1) is 5.10 Å². The van der Waals surface area contributed by atoms with Crippen molar-refractivity contribution < 1.29 is 4.79 Å². The zero-order chi connectivity index (χ0) is 16.1. The van der Waals surface area contributed by atoms with Crippen LogP contribution in [0.2, 0.25) is 0 Å². The minimum Gasteiger partial charge on any atom is -0.353 e. The number of thioether (sulfide) groups is 1. The van der Waals surface area contributed by atoms with Gasteiger partial charge in [-0.2, -0.15) is 0 Å². The van der Waals surface area contributed by atoms with Gasteiger partial charge in [0, 0.05) is 6.04 Å². The van der Waals surface area contributed by atoms with E-state index in [0.717, 1.165) is 10.0 Å². The van der Waals surface area contributed by atoms with Crippen LogP contribution in [0.5, 0.6) is 0 Å². The molecule has 1 atom stereocenters. The van der Waals surface area contributed by atoms with Crippen molar-refractivity contribution in [3.05, 3.63) is 34.3 Å². The number of hydrogen-bond donors (Lipinski definition) is 1. The molecule has 1 amide bonds. The third-order valence-electron chi connectivity index (χ3n) is 3.25. The summed E-state index contributed by atoms with van der Waals surface area (Å²) in [4.78, 5) is 11.9. The Kier molecular flexibility index (Phi) is 6.16. The van der Waals surface area contributed by atoms with E-state index < -0.39 is 0 Å². The second kappa shape index (κ2) is 7.89. The Morgan fingerprint density at radius 2 is 2.05 bits per heavy atom. The fourth-order valence-electron chi connectivity index (χ4n) is 1.64. The number of benzene rings is 1. The standard InChI is InChI=1S/C15H19N3OS3/c1-10(2)11(3)16-13(19)9-21-14-17-18(15(20)22-14)12-7-5-4-6-8-12/h4-8,10-11H,9H2,1-3H3,(H,16,19)/t11-/m1/s1. The Bertz CT molecular complexity index is 679. The molecule has 1 N–H and O–H groups in total. The minimum atomic E-state index is 0.0265. The first kappa shape index (κ1) is 17.2. The van der Waals surface area contributed by atoms with Gasteiger partial charge in [0.2, 0.25) is 5.91 Å². The topological polar surface area (TPSA) is 46.9 Å². The van der Waals surface area contributed by atoms with Crippen molar-refractivity contribution in [3.63, 3.8) is 0 Å². The molecular weight excluding hydrogens is 334 g/mol. The van der Waals surface area contributed by atoms with Crippen molar-refractivity contribution in [2.45, 2.75) is 31.2 Å². The van der Waals surface area contributed by atoms with Crippen LogP contribution in [-0.2, 0) is 4.79 Å². The van der Waals surface area contributed by atoms with Crippen molar-refractivity contribution in [3.8, 4) is 5.69 Å². The van der Waals surface area contributed by atoms with E-state index >= 15 is 0 Å². The molecule has 0 fully saturated rings. The van der Waals surface area contributed by atoms with Gasteiger partial charge < -0.3 is 5.32 Å². The smallest absolute Gasteiger partial charge is 0.230 e. The molecule has 2 aromatic rings. The van der Waals surface area contributed by atoms with Crippen LogP contribution in [0.25, 0.3) is 5.69 Å². The molecular formula is C15H19N3OS3. The van der Waals surface area contributed by atoms with Gasteiger partial charge in [-0.25, -0.2) is 4.68 Å². The van der Waals surface area contributed by atoms with Gasteiger partial charge in [-0.1, -0.05) is 55.1 Å². The maximum Gasteiger partial charge on any atom is 0.230 e. The largest absolute Gasteiger partial charge is 0.353 e. The summed E-state index contributed by atoms with van der Waals surface area (Å²) in [5.74, 6) is 0.806. The molecule has 0 aliphatic carbocycles. The predicted molar refractivity (Wildman–Crippen MR) is 95.4 cm³/mol. The fourth-order valence-corrected chi connectivity index (χ4v) is 3.81. The highest BCUT2D eigenvalue weighted by Crippen LogP contribution is 2.23. The number of para-hydroxylation sites is 1. The monoisotopic (exact) mass is 353 g/mol. The second-order valence-corrected chi connectivity index (χ2v) is 8.12. The average Bonchev–Trinajstić information content (AvgIpc) is 2.87. The van der Waals surface area contributed by atoms with E-state index in [1.54, 1.807) is 4.68 Å². The van der Waals surface area contributed by atoms with Crippen molar-refractivity contribution in [1.82, 2.24) is 15.1 Å². The Labute approximate surface area is 143 Å². The summed E-state index contributed by atoms with van der Waals surface area (Å²) in [6.07, 6.45) is 0. The van der Waals surface area contributed by atoms with Crippen molar-refractivity contribution in [2.75, 3.05) is 5.75 Å². The SMILES string of the molecule is CC(C)[C@@H](C)NC(=O)CSc1nn(-c2ccccc2)c(=S)s1. The van der Waals surface area contributed by atoms with Gasteiger partial charge in [-0.3, -0.25) is 4.79 Å². The normalized spacial score (nSPS) is 12.4. The maximum absolute atomic E-state index is 11.9. The number of amides is 1. The summed E-state index contributed by atoms with van der Waals surface area (Å²) < 4.78 is 3.22. The number of nitrogens with one attached hydrogen (secondary N) is 1. The Morgan fingerprint density at radius 1 is 1.36 bits per heavy atom. The molecule has 2 rings (SSSR count). The van der Waals surface area contributed by atoms with Crippen LogP contribution in [-0.4, -0.2) is 27.5 Å². The first-order chi connectivity index (χ1) is 10.5. The first-order valence-corrected chi connectivity index (χ1v) is 9.26. The number of carbonyl (C=O) groups is 1. The highest BCUT2D eigenvalue weighted by atomic mass is 32.2. The summed E-state index contributed by atoms with van der Waals surface area (Å²) in [5.41, 5.74) is 0.938. The highest BCUT2D eigenvalue weighted by molar-refractivity contribution is 8.01. The minimum absolute atomic E-state index is 0.0265.